The Labute approximate surface area is 106 Å². The highest BCUT2D eigenvalue weighted by molar-refractivity contribution is 7.99. The minimum Gasteiger partial charge on any atom is -0.368 e. The van der Waals surface area contributed by atoms with E-state index < -0.39 is 0 Å². The van der Waals surface area contributed by atoms with Crippen LogP contribution in [-0.4, -0.2) is 34.6 Å². The van der Waals surface area contributed by atoms with Gasteiger partial charge in [0.2, 0.25) is 5.95 Å². The SMILES string of the molecule is CCNc1ncc(Cl)c(NCC(C)SC)n1. The van der Waals surface area contributed by atoms with Crippen LogP contribution >= 0.6 is 23.4 Å². The summed E-state index contributed by atoms with van der Waals surface area (Å²) in [7, 11) is 0. The average molecular weight is 261 g/mol. The lowest BCUT2D eigenvalue weighted by atomic mass is 10.4. The first kappa shape index (κ1) is 13.4. The van der Waals surface area contributed by atoms with Crippen LogP contribution in [0.3, 0.4) is 0 Å². The van der Waals surface area contributed by atoms with Crippen LogP contribution in [0.5, 0.6) is 0 Å². The van der Waals surface area contributed by atoms with Gasteiger partial charge in [0.05, 0.1) is 6.20 Å². The number of halogens is 1. The predicted octanol–water partition coefficient (Wildman–Crippen LogP) is 2.73. The lowest BCUT2D eigenvalue weighted by molar-refractivity contribution is 0.983. The molecule has 1 heterocycles. The first-order chi connectivity index (χ1) is 7.67. The van der Waals surface area contributed by atoms with Crippen molar-refractivity contribution in [3.63, 3.8) is 0 Å². The van der Waals surface area contributed by atoms with Gasteiger partial charge in [-0.05, 0) is 13.2 Å². The fraction of sp³-hybridized carbons (Fsp3) is 0.600. The average Bonchev–Trinajstić information content (AvgIpc) is 2.29. The Morgan fingerprint density at radius 2 is 2.25 bits per heavy atom. The third-order valence-electron chi connectivity index (χ3n) is 2.04. The Kier molecular flexibility index (Phi) is 5.69. The number of hydrogen-bond donors (Lipinski definition) is 2. The van der Waals surface area contributed by atoms with E-state index in [-0.39, 0.29) is 0 Å². The van der Waals surface area contributed by atoms with Gasteiger partial charge in [-0.2, -0.15) is 16.7 Å². The predicted molar refractivity (Wildman–Crippen MR) is 72.7 cm³/mol. The van der Waals surface area contributed by atoms with Gasteiger partial charge < -0.3 is 10.6 Å². The van der Waals surface area contributed by atoms with E-state index in [1.807, 2.05) is 6.92 Å². The van der Waals surface area contributed by atoms with Gasteiger partial charge in [0.1, 0.15) is 5.02 Å². The molecule has 1 rings (SSSR count). The standard InChI is InChI=1S/C10H17ClN4S/c1-4-12-10-14-6-8(11)9(15-10)13-5-7(2)16-3/h6-7H,4-5H2,1-3H3,(H2,12,13,14,15). The Hall–Kier alpha value is -0.680. The molecule has 0 saturated heterocycles. The number of rotatable bonds is 6. The monoisotopic (exact) mass is 260 g/mol. The van der Waals surface area contributed by atoms with Crippen molar-refractivity contribution in [2.45, 2.75) is 19.1 Å². The number of nitrogens with zero attached hydrogens (tertiary/aromatic N) is 2. The molecule has 0 aliphatic rings. The Balaban J connectivity index is 2.66. The summed E-state index contributed by atoms with van der Waals surface area (Å²) < 4.78 is 0. The Morgan fingerprint density at radius 1 is 1.50 bits per heavy atom. The van der Waals surface area contributed by atoms with Crippen LogP contribution in [0.15, 0.2) is 6.20 Å². The topological polar surface area (TPSA) is 49.8 Å². The van der Waals surface area contributed by atoms with Gasteiger partial charge in [-0.25, -0.2) is 4.98 Å². The van der Waals surface area contributed by atoms with Gasteiger partial charge in [0.25, 0.3) is 0 Å². The van der Waals surface area contributed by atoms with Crippen molar-refractivity contribution in [1.82, 2.24) is 9.97 Å². The second-order valence-corrected chi connectivity index (χ2v) is 5.03. The molecule has 0 fully saturated rings. The van der Waals surface area contributed by atoms with Crippen molar-refractivity contribution < 1.29 is 0 Å². The van der Waals surface area contributed by atoms with Gasteiger partial charge in [0.15, 0.2) is 5.82 Å². The van der Waals surface area contributed by atoms with E-state index in [9.17, 15) is 0 Å². The van der Waals surface area contributed by atoms with Gasteiger partial charge in [-0.15, -0.1) is 0 Å². The molecular formula is C10H17ClN4S. The van der Waals surface area contributed by atoms with Crippen molar-refractivity contribution in [3.05, 3.63) is 11.2 Å². The summed E-state index contributed by atoms with van der Waals surface area (Å²) in [4.78, 5) is 8.37. The van der Waals surface area contributed by atoms with Crippen molar-refractivity contribution in [1.29, 1.82) is 0 Å². The Bertz CT molecular complexity index is 335. The zero-order valence-electron chi connectivity index (χ0n) is 9.75. The molecule has 0 aromatic carbocycles. The number of hydrogen-bond acceptors (Lipinski definition) is 5. The molecule has 0 spiro atoms. The van der Waals surface area contributed by atoms with Gasteiger partial charge in [-0.3, -0.25) is 0 Å². The van der Waals surface area contributed by atoms with E-state index in [1.165, 1.54) is 0 Å². The maximum absolute atomic E-state index is 6.00. The molecule has 0 saturated carbocycles. The molecule has 1 atom stereocenters. The Morgan fingerprint density at radius 3 is 2.88 bits per heavy atom. The number of nitrogens with one attached hydrogen (secondary N) is 2. The molecule has 4 nitrogen and oxygen atoms in total. The first-order valence-corrected chi connectivity index (χ1v) is 6.87. The molecule has 1 aromatic heterocycles. The minimum absolute atomic E-state index is 0.522. The highest BCUT2D eigenvalue weighted by atomic mass is 35.5. The summed E-state index contributed by atoms with van der Waals surface area (Å²) in [5, 5.41) is 7.34. The molecule has 1 aromatic rings. The van der Waals surface area contributed by atoms with Crippen LogP contribution in [0, 0.1) is 0 Å². The molecule has 0 aliphatic carbocycles. The zero-order chi connectivity index (χ0) is 12.0. The van der Waals surface area contributed by atoms with Crippen molar-refractivity contribution in [2.75, 3.05) is 30.0 Å². The van der Waals surface area contributed by atoms with Crippen LogP contribution < -0.4 is 10.6 Å². The maximum Gasteiger partial charge on any atom is 0.224 e. The van der Waals surface area contributed by atoms with E-state index in [1.54, 1.807) is 18.0 Å². The molecule has 0 aliphatic heterocycles. The molecule has 0 amide bonds. The summed E-state index contributed by atoms with van der Waals surface area (Å²) in [6.45, 7) is 5.78. The highest BCUT2D eigenvalue weighted by Gasteiger charge is 2.06. The molecule has 0 radical (unpaired) electrons. The van der Waals surface area contributed by atoms with E-state index in [0.717, 1.165) is 13.1 Å². The molecular weight excluding hydrogens is 244 g/mol. The smallest absolute Gasteiger partial charge is 0.224 e. The third kappa shape index (κ3) is 4.06. The van der Waals surface area contributed by atoms with Crippen molar-refractivity contribution >= 4 is 35.1 Å². The molecule has 0 bridgehead atoms. The lowest BCUT2D eigenvalue weighted by Gasteiger charge is -2.12. The summed E-state index contributed by atoms with van der Waals surface area (Å²) in [6.07, 6.45) is 3.69. The number of anilines is 2. The molecule has 2 N–H and O–H groups in total. The van der Waals surface area contributed by atoms with Gasteiger partial charge in [-0.1, -0.05) is 18.5 Å². The summed E-state index contributed by atoms with van der Waals surface area (Å²) in [6, 6.07) is 0. The van der Waals surface area contributed by atoms with Crippen LogP contribution in [0.1, 0.15) is 13.8 Å². The third-order valence-corrected chi connectivity index (χ3v) is 3.29. The van der Waals surface area contributed by atoms with Crippen LogP contribution in [0.25, 0.3) is 0 Å². The molecule has 6 heteroatoms. The largest absolute Gasteiger partial charge is 0.368 e. The van der Waals surface area contributed by atoms with E-state index in [4.69, 9.17) is 11.6 Å². The van der Waals surface area contributed by atoms with E-state index in [2.05, 4.69) is 33.8 Å². The molecule has 90 valence electrons. The molecule has 1 unspecified atom stereocenters. The summed E-state index contributed by atoms with van der Waals surface area (Å²) in [5.74, 6) is 1.29. The first-order valence-electron chi connectivity index (χ1n) is 5.20. The molecule has 16 heavy (non-hydrogen) atoms. The van der Waals surface area contributed by atoms with E-state index in [0.29, 0.717) is 22.0 Å². The second-order valence-electron chi connectivity index (χ2n) is 3.35. The lowest BCUT2D eigenvalue weighted by Crippen LogP contribution is -2.14. The van der Waals surface area contributed by atoms with Crippen LogP contribution in [0.2, 0.25) is 5.02 Å². The second kappa shape index (κ2) is 6.81. The summed E-state index contributed by atoms with van der Waals surface area (Å²) in [5.41, 5.74) is 0. The fourth-order valence-electron chi connectivity index (χ4n) is 1.06. The quantitative estimate of drug-likeness (QED) is 0.824. The zero-order valence-corrected chi connectivity index (χ0v) is 11.3. The van der Waals surface area contributed by atoms with Crippen molar-refractivity contribution in [3.8, 4) is 0 Å². The normalized spacial score (nSPS) is 12.2. The minimum atomic E-state index is 0.522. The van der Waals surface area contributed by atoms with E-state index >= 15 is 0 Å². The number of aromatic nitrogens is 2. The maximum atomic E-state index is 6.00. The number of thioether (sulfide) groups is 1. The van der Waals surface area contributed by atoms with Gasteiger partial charge in [0, 0.05) is 18.3 Å². The van der Waals surface area contributed by atoms with Crippen LogP contribution in [0.4, 0.5) is 11.8 Å². The van der Waals surface area contributed by atoms with Gasteiger partial charge >= 0.3 is 0 Å². The fourth-order valence-corrected chi connectivity index (χ4v) is 1.47. The van der Waals surface area contributed by atoms with Crippen molar-refractivity contribution in [2.24, 2.45) is 0 Å². The van der Waals surface area contributed by atoms with Crippen LogP contribution in [-0.2, 0) is 0 Å². The highest BCUT2D eigenvalue weighted by Crippen LogP contribution is 2.19. The summed E-state index contributed by atoms with van der Waals surface area (Å²) >= 11 is 7.80.